The summed E-state index contributed by atoms with van der Waals surface area (Å²) in [5.41, 5.74) is 0.591. The zero-order valence-corrected chi connectivity index (χ0v) is 12.9. The van der Waals surface area contributed by atoms with Crippen LogP contribution in [0.3, 0.4) is 0 Å². The molecule has 120 valence electrons. The van der Waals surface area contributed by atoms with Gasteiger partial charge >= 0.3 is 6.18 Å². The van der Waals surface area contributed by atoms with Gasteiger partial charge in [-0.2, -0.15) is 18.3 Å². The van der Waals surface area contributed by atoms with E-state index in [4.69, 9.17) is 23.2 Å². The van der Waals surface area contributed by atoms with E-state index in [1.165, 1.54) is 48.5 Å². The van der Waals surface area contributed by atoms with Gasteiger partial charge in [-0.15, -0.1) is 0 Å². The molecule has 2 aromatic rings. The van der Waals surface area contributed by atoms with E-state index in [9.17, 15) is 18.0 Å². The lowest BCUT2D eigenvalue weighted by molar-refractivity contribution is -0.0583. The number of hydrogen-bond acceptors (Lipinski definition) is 2. The maximum absolute atomic E-state index is 13.1. The Hall–Kier alpha value is -2.05. The predicted molar refractivity (Wildman–Crippen MR) is 83.0 cm³/mol. The molecule has 0 aliphatic rings. The Morgan fingerprint density at radius 2 is 1.30 bits per heavy atom. The zero-order valence-electron chi connectivity index (χ0n) is 11.4. The fraction of sp³-hybridized carbons (Fsp3) is 0.0667. The minimum atomic E-state index is -4.74. The van der Waals surface area contributed by atoms with Crippen LogP contribution in [0.2, 0.25) is 10.0 Å². The molecule has 0 aliphatic carbocycles. The number of carbonyl (C=O) groups excluding carboxylic acids is 1. The minimum Gasteiger partial charge on any atom is -0.267 e. The average molecular weight is 361 g/mol. The van der Waals surface area contributed by atoms with Gasteiger partial charge in [0.25, 0.3) is 5.91 Å². The quantitative estimate of drug-likeness (QED) is 0.626. The SMILES string of the molecule is O=C(N/N=C(\c1ccc(Cl)cc1)C(F)(F)F)c1ccc(Cl)cc1. The fourth-order valence-corrected chi connectivity index (χ4v) is 1.92. The number of hydrazone groups is 1. The van der Waals surface area contributed by atoms with Crippen molar-refractivity contribution in [1.82, 2.24) is 5.43 Å². The van der Waals surface area contributed by atoms with Crippen molar-refractivity contribution in [3.05, 3.63) is 69.7 Å². The Morgan fingerprint density at radius 3 is 1.74 bits per heavy atom. The number of nitrogens with zero attached hydrogens (tertiary/aromatic N) is 1. The summed E-state index contributed by atoms with van der Waals surface area (Å²) >= 11 is 11.3. The molecular formula is C15H9Cl2F3N2O. The number of rotatable bonds is 3. The van der Waals surface area contributed by atoms with Crippen LogP contribution in [0, 0.1) is 0 Å². The van der Waals surface area contributed by atoms with Gasteiger partial charge in [-0.25, -0.2) is 5.43 Å². The number of carbonyl (C=O) groups is 1. The molecule has 0 fully saturated rings. The Bertz CT molecular complexity index is 726. The molecule has 2 rings (SSSR count). The van der Waals surface area contributed by atoms with Crippen LogP contribution >= 0.6 is 23.2 Å². The Kier molecular flexibility index (Phi) is 5.28. The molecule has 0 heterocycles. The molecule has 1 N–H and O–H groups in total. The van der Waals surface area contributed by atoms with Crippen molar-refractivity contribution >= 4 is 34.8 Å². The lowest BCUT2D eigenvalue weighted by Crippen LogP contribution is -2.29. The third-order valence-corrected chi connectivity index (χ3v) is 3.27. The van der Waals surface area contributed by atoms with E-state index in [2.05, 4.69) is 5.10 Å². The second-order valence-corrected chi connectivity index (χ2v) is 5.29. The van der Waals surface area contributed by atoms with Crippen LogP contribution in [-0.2, 0) is 0 Å². The molecule has 0 bridgehead atoms. The molecule has 0 spiro atoms. The van der Waals surface area contributed by atoms with Crippen molar-refractivity contribution in [2.45, 2.75) is 6.18 Å². The van der Waals surface area contributed by atoms with Gasteiger partial charge in [0, 0.05) is 21.2 Å². The first-order valence-corrected chi connectivity index (χ1v) is 6.99. The van der Waals surface area contributed by atoms with Gasteiger partial charge in [0.15, 0.2) is 5.71 Å². The smallest absolute Gasteiger partial charge is 0.267 e. The summed E-state index contributed by atoms with van der Waals surface area (Å²) in [5, 5.41) is 3.91. The molecule has 3 nitrogen and oxygen atoms in total. The van der Waals surface area contributed by atoms with Gasteiger partial charge in [-0.1, -0.05) is 35.3 Å². The Morgan fingerprint density at radius 1 is 0.870 bits per heavy atom. The van der Waals surface area contributed by atoms with E-state index in [0.29, 0.717) is 10.0 Å². The van der Waals surface area contributed by atoms with Crippen LogP contribution in [0.15, 0.2) is 53.6 Å². The minimum absolute atomic E-state index is 0.135. The van der Waals surface area contributed by atoms with Gasteiger partial charge in [0.1, 0.15) is 0 Å². The van der Waals surface area contributed by atoms with Crippen LogP contribution < -0.4 is 5.43 Å². The molecule has 0 saturated heterocycles. The van der Waals surface area contributed by atoms with E-state index in [1.54, 1.807) is 0 Å². The molecule has 23 heavy (non-hydrogen) atoms. The fourth-order valence-electron chi connectivity index (χ4n) is 1.67. The summed E-state index contributed by atoms with van der Waals surface area (Å²) in [6.45, 7) is 0. The summed E-state index contributed by atoms with van der Waals surface area (Å²) in [7, 11) is 0. The van der Waals surface area contributed by atoms with Gasteiger partial charge in [0.05, 0.1) is 0 Å². The van der Waals surface area contributed by atoms with E-state index < -0.39 is 17.8 Å². The molecular weight excluding hydrogens is 352 g/mol. The van der Waals surface area contributed by atoms with Crippen molar-refractivity contribution in [2.75, 3.05) is 0 Å². The van der Waals surface area contributed by atoms with Crippen LogP contribution in [0.4, 0.5) is 13.2 Å². The Labute approximate surface area is 139 Å². The van der Waals surface area contributed by atoms with Crippen LogP contribution in [0.25, 0.3) is 0 Å². The molecule has 0 aromatic heterocycles. The average Bonchev–Trinajstić information content (AvgIpc) is 2.48. The molecule has 0 atom stereocenters. The molecule has 1 amide bonds. The third-order valence-electron chi connectivity index (χ3n) is 2.76. The van der Waals surface area contributed by atoms with Crippen molar-refractivity contribution in [2.24, 2.45) is 5.10 Å². The van der Waals surface area contributed by atoms with Crippen molar-refractivity contribution in [1.29, 1.82) is 0 Å². The normalized spacial score (nSPS) is 12.1. The van der Waals surface area contributed by atoms with Gasteiger partial charge in [-0.3, -0.25) is 4.79 Å². The van der Waals surface area contributed by atoms with Crippen molar-refractivity contribution in [3.63, 3.8) is 0 Å². The van der Waals surface area contributed by atoms with Gasteiger partial charge in [-0.05, 0) is 36.4 Å². The summed E-state index contributed by atoms with van der Waals surface area (Å²) in [4.78, 5) is 11.8. The molecule has 0 aliphatic heterocycles. The van der Waals surface area contributed by atoms with E-state index in [1.807, 2.05) is 5.43 Å². The van der Waals surface area contributed by atoms with Crippen molar-refractivity contribution < 1.29 is 18.0 Å². The lowest BCUT2D eigenvalue weighted by Gasteiger charge is -2.11. The van der Waals surface area contributed by atoms with Gasteiger partial charge in [0.2, 0.25) is 0 Å². The summed E-state index contributed by atoms with van der Waals surface area (Å²) in [6, 6.07) is 10.6. The van der Waals surface area contributed by atoms with E-state index in [-0.39, 0.29) is 11.1 Å². The van der Waals surface area contributed by atoms with Crippen LogP contribution in [-0.4, -0.2) is 17.8 Å². The highest BCUT2D eigenvalue weighted by molar-refractivity contribution is 6.31. The van der Waals surface area contributed by atoms with Gasteiger partial charge < -0.3 is 0 Å². The number of halogens is 5. The van der Waals surface area contributed by atoms with E-state index in [0.717, 1.165) is 0 Å². The summed E-state index contributed by atoms with van der Waals surface area (Å²) in [5.74, 6) is -0.780. The second kappa shape index (κ2) is 7.02. The molecule has 0 radical (unpaired) electrons. The van der Waals surface area contributed by atoms with Crippen LogP contribution in [0.1, 0.15) is 15.9 Å². The topological polar surface area (TPSA) is 41.5 Å². The number of alkyl halides is 3. The summed E-state index contributed by atoms with van der Waals surface area (Å²) < 4.78 is 39.2. The number of amides is 1. The predicted octanol–water partition coefficient (Wildman–Crippen LogP) is 4.69. The highest BCUT2D eigenvalue weighted by Gasteiger charge is 2.37. The lowest BCUT2D eigenvalue weighted by atomic mass is 10.1. The first-order valence-electron chi connectivity index (χ1n) is 6.24. The standard InChI is InChI=1S/C15H9Cl2F3N2O/c16-11-5-1-9(2-6-11)13(15(18,19)20)21-22-14(23)10-3-7-12(17)8-4-10/h1-8H,(H,22,23)/b21-13+. The van der Waals surface area contributed by atoms with Crippen molar-refractivity contribution in [3.8, 4) is 0 Å². The number of benzene rings is 2. The molecule has 0 unspecified atom stereocenters. The molecule has 8 heteroatoms. The third kappa shape index (κ3) is 4.71. The maximum Gasteiger partial charge on any atom is 0.435 e. The monoisotopic (exact) mass is 360 g/mol. The Balaban J connectivity index is 2.26. The molecule has 0 saturated carbocycles. The number of nitrogens with one attached hydrogen (secondary N) is 1. The first-order chi connectivity index (χ1) is 10.8. The first kappa shape index (κ1) is 17.3. The molecule has 2 aromatic carbocycles. The zero-order chi connectivity index (χ0) is 17.0. The maximum atomic E-state index is 13.1. The highest BCUT2D eigenvalue weighted by Crippen LogP contribution is 2.23. The van der Waals surface area contributed by atoms with Crippen LogP contribution in [0.5, 0.6) is 0 Å². The van der Waals surface area contributed by atoms with E-state index >= 15 is 0 Å². The second-order valence-electron chi connectivity index (χ2n) is 4.41. The number of hydrogen-bond donors (Lipinski definition) is 1. The highest BCUT2D eigenvalue weighted by atomic mass is 35.5. The summed E-state index contributed by atoms with van der Waals surface area (Å²) in [6.07, 6.45) is -4.74. The largest absolute Gasteiger partial charge is 0.435 e.